The molecule has 0 aliphatic heterocycles. The Hall–Kier alpha value is -1.56. The summed E-state index contributed by atoms with van der Waals surface area (Å²) in [4.78, 5) is 4.04. The van der Waals surface area contributed by atoms with Crippen LogP contribution in [0.1, 0.15) is 5.56 Å². The van der Waals surface area contributed by atoms with E-state index in [0.717, 1.165) is 5.16 Å². The fraction of sp³-hybridized carbons (Fsp3) is 0.200. The minimum absolute atomic E-state index is 0.283. The smallest absolute Gasteiger partial charge is 0.186 e. The van der Waals surface area contributed by atoms with Crippen LogP contribution < -0.4 is 5.73 Å². The van der Waals surface area contributed by atoms with Crippen LogP contribution in [0.25, 0.3) is 0 Å². The Labute approximate surface area is 96.7 Å². The van der Waals surface area contributed by atoms with Crippen molar-refractivity contribution in [3.05, 3.63) is 35.9 Å². The third-order valence-electron chi connectivity index (χ3n) is 2.17. The summed E-state index contributed by atoms with van der Waals surface area (Å²) in [6.45, 7) is 0. The van der Waals surface area contributed by atoms with E-state index in [1.807, 2.05) is 0 Å². The molecular formula is C10H11FN4S. The number of anilines is 1. The lowest BCUT2D eigenvalue weighted by Crippen LogP contribution is -1.98. The van der Waals surface area contributed by atoms with Crippen LogP contribution in [0.4, 0.5) is 10.1 Å². The molecule has 16 heavy (non-hydrogen) atoms. The van der Waals surface area contributed by atoms with Gasteiger partial charge in [0.25, 0.3) is 0 Å². The van der Waals surface area contributed by atoms with Crippen LogP contribution >= 0.6 is 11.8 Å². The lowest BCUT2D eigenvalue weighted by atomic mass is 10.2. The van der Waals surface area contributed by atoms with E-state index in [-0.39, 0.29) is 5.82 Å². The van der Waals surface area contributed by atoms with E-state index in [0.29, 0.717) is 17.0 Å². The Morgan fingerprint density at radius 2 is 2.31 bits per heavy atom. The highest BCUT2D eigenvalue weighted by Gasteiger charge is 2.08. The van der Waals surface area contributed by atoms with Gasteiger partial charge in [-0.1, -0.05) is 17.8 Å². The molecule has 2 aromatic rings. The van der Waals surface area contributed by atoms with Crippen LogP contribution in [0.2, 0.25) is 0 Å². The first-order valence-electron chi connectivity index (χ1n) is 4.68. The topological polar surface area (TPSA) is 56.7 Å². The zero-order chi connectivity index (χ0) is 11.5. The maximum absolute atomic E-state index is 13.4. The first kappa shape index (κ1) is 10.9. The van der Waals surface area contributed by atoms with Crippen molar-refractivity contribution in [3.63, 3.8) is 0 Å². The average Bonchev–Trinajstić information content (AvgIpc) is 2.64. The fourth-order valence-corrected chi connectivity index (χ4v) is 2.21. The van der Waals surface area contributed by atoms with E-state index in [4.69, 9.17) is 5.73 Å². The van der Waals surface area contributed by atoms with E-state index < -0.39 is 0 Å². The highest BCUT2D eigenvalue weighted by molar-refractivity contribution is 7.98. The molecule has 0 saturated carbocycles. The Balaban J connectivity index is 2.14. The lowest BCUT2D eigenvalue weighted by molar-refractivity contribution is 0.618. The Kier molecular flexibility index (Phi) is 3.09. The number of thioether (sulfide) groups is 1. The number of nitrogens with two attached hydrogens (primary N) is 1. The molecule has 1 heterocycles. The fourth-order valence-electron chi connectivity index (χ4n) is 1.28. The number of hydrogen-bond acceptors (Lipinski definition) is 4. The molecule has 0 bridgehead atoms. The van der Waals surface area contributed by atoms with Gasteiger partial charge in [-0.15, -0.1) is 0 Å². The van der Waals surface area contributed by atoms with Crippen molar-refractivity contribution < 1.29 is 4.39 Å². The molecule has 0 fully saturated rings. The van der Waals surface area contributed by atoms with Crippen LogP contribution in [-0.2, 0) is 12.8 Å². The van der Waals surface area contributed by atoms with E-state index in [9.17, 15) is 4.39 Å². The molecule has 4 nitrogen and oxygen atoms in total. The maximum Gasteiger partial charge on any atom is 0.186 e. The highest BCUT2D eigenvalue weighted by Crippen LogP contribution is 2.25. The summed E-state index contributed by atoms with van der Waals surface area (Å²) in [6, 6.07) is 4.69. The summed E-state index contributed by atoms with van der Waals surface area (Å²) in [6.07, 6.45) is 1.47. The molecular weight excluding hydrogens is 227 g/mol. The van der Waals surface area contributed by atoms with Gasteiger partial charge in [-0.2, -0.15) is 5.10 Å². The van der Waals surface area contributed by atoms with Gasteiger partial charge in [-0.25, -0.2) is 14.1 Å². The second-order valence-corrected chi connectivity index (χ2v) is 4.21. The molecule has 0 radical (unpaired) electrons. The number of nitrogens with zero attached hydrogens (tertiary/aromatic N) is 3. The monoisotopic (exact) mass is 238 g/mol. The molecule has 84 valence electrons. The van der Waals surface area contributed by atoms with Crippen molar-refractivity contribution in [3.8, 4) is 0 Å². The van der Waals surface area contributed by atoms with Gasteiger partial charge in [-0.3, -0.25) is 0 Å². The number of rotatable bonds is 3. The van der Waals surface area contributed by atoms with Crippen LogP contribution in [-0.4, -0.2) is 14.8 Å². The summed E-state index contributed by atoms with van der Waals surface area (Å²) < 4.78 is 15.1. The largest absolute Gasteiger partial charge is 0.398 e. The maximum atomic E-state index is 13.4. The zero-order valence-electron chi connectivity index (χ0n) is 8.72. The van der Waals surface area contributed by atoms with E-state index in [1.165, 1.54) is 24.2 Å². The number of aromatic nitrogens is 3. The molecule has 0 spiro atoms. The van der Waals surface area contributed by atoms with E-state index in [1.54, 1.807) is 23.9 Å². The van der Waals surface area contributed by atoms with Gasteiger partial charge in [0.1, 0.15) is 12.1 Å². The molecule has 2 N–H and O–H groups in total. The zero-order valence-corrected chi connectivity index (χ0v) is 9.54. The van der Waals surface area contributed by atoms with Crippen LogP contribution in [0.5, 0.6) is 0 Å². The summed E-state index contributed by atoms with van der Waals surface area (Å²) in [5, 5.41) is 4.67. The predicted octanol–water partition coefficient (Wildman–Crippen LogP) is 1.83. The van der Waals surface area contributed by atoms with E-state index >= 15 is 0 Å². The van der Waals surface area contributed by atoms with Gasteiger partial charge in [0.05, 0.1) is 0 Å². The molecule has 0 aliphatic rings. The van der Waals surface area contributed by atoms with Crippen molar-refractivity contribution in [2.45, 2.75) is 10.9 Å². The highest BCUT2D eigenvalue weighted by atomic mass is 32.2. The minimum Gasteiger partial charge on any atom is -0.398 e. The Morgan fingerprint density at radius 3 is 2.94 bits per heavy atom. The van der Waals surface area contributed by atoms with Crippen molar-refractivity contribution >= 4 is 17.4 Å². The van der Waals surface area contributed by atoms with Crippen LogP contribution in [0.3, 0.4) is 0 Å². The van der Waals surface area contributed by atoms with Gasteiger partial charge >= 0.3 is 0 Å². The van der Waals surface area contributed by atoms with Gasteiger partial charge in [0.15, 0.2) is 5.16 Å². The summed E-state index contributed by atoms with van der Waals surface area (Å²) in [5.41, 5.74) is 6.68. The summed E-state index contributed by atoms with van der Waals surface area (Å²) in [7, 11) is 1.79. The van der Waals surface area contributed by atoms with Crippen molar-refractivity contribution in [1.29, 1.82) is 0 Å². The molecule has 2 rings (SSSR count). The molecule has 0 atom stereocenters. The SMILES string of the molecule is Cn1ncnc1SCc1c(N)cccc1F. The number of hydrogen-bond donors (Lipinski definition) is 1. The van der Waals surface area contributed by atoms with Crippen molar-refractivity contribution in [1.82, 2.24) is 14.8 Å². The molecule has 6 heteroatoms. The second kappa shape index (κ2) is 4.52. The van der Waals surface area contributed by atoms with Crippen LogP contribution in [0, 0.1) is 5.82 Å². The van der Waals surface area contributed by atoms with Crippen molar-refractivity contribution in [2.24, 2.45) is 7.05 Å². The lowest BCUT2D eigenvalue weighted by Gasteiger charge is -2.05. The predicted molar refractivity (Wildman–Crippen MR) is 61.4 cm³/mol. The summed E-state index contributed by atoms with van der Waals surface area (Å²) in [5.74, 6) is 0.167. The number of halogens is 1. The molecule has 1 aromatic carbocycles. The second-order valence-electron chi connectivity index (χ2n) is 3.26. The molecule has 0 aliphatic carbocycles. The minimum atomic E-state index is -0.283. The van der Waals surface area contributed by atoms with Crippen LogP contribution in [0.15, 0.2) is 29.7 Å². The van der Waals surface area contributed by atoms with E-state index in [2.05, 4.69) is 10.1 Å². The number of nitrogen functional groups attached to an aromatic ring is 1. The third kappa shape index (κ3) is 2.16. The molecule has 0 unspecified atom stereocenters. The number of benzene rings is 1. The van der Waals surface area contributed by atoms with Gasteiger partial charge in [-0.05, 0) is 12.1 Å². The Morgan fingerprint density at radius 1 is 1.50 bits per heavy atom. The third-order valence-corrected chi connectivity index (χ3v) is 3.23. The quantitative estimate of drug-likeness (QED) is 0.654. The first-order valence-corrected chi connectivity index (χ1v) is 5.66. The Bertz CT molecular complexity index is 477. The molecule has 1 aromatic heterocycles. The number of aryl methyl sites for hydroxylation is 1. The standard InChI is InChI=1S/C10H11FN4S/c1-15-10(13-6-14-15)16-5-7-8(11)3-2-4-9(7)12/h2-4,6H,5,12H2,1H3. The van der Waals surface area contributed by atoms with Gasteiger partial charge in [0, 0.05) is 24.1 Å². The normalized spacial score (nSPS) is 10.6. The molecule has 0 amide bonds. The molecule has 0 saturated heterocycles. The summed E-state index contributed by atoms with van der Waals surface area (Å²) >= 11 is 1.40. The average molecular weight is 238 g/mol. The van der Waals surface area contributed by atoms with Crippen molar-refractivity contribution in [2.75, 3.05) is 5.73 Å². The van der Waals surface area contributed by atoms with Gasteiger partial charge < -0.3 is 5.73 Å². The van der Waals surface area contributed by atoms with Gasteiger partial charge in [0.2, 0.25) is 0 Å². The first-order chi connectivity index (χ1) is 7.68.